The van der Waals surface area contributed by atoms with Crippen LogP contribution in [-0.2, 0) is 21.3 Å². The van der Waals surface area contributed by atoms with Crippen molar-refractivity contribution in [3.63, 3.8) is 0 Å². The van der Waals surface area contributed by atoms with Crippen LogP contribution in [0, 0.1) is 0 Å². The summed E-state index contributed by atoms with van der Waals surface area (Å²) in [5.41, 5.74) is 1.48. The van der Waals surface area contributed by atoms with Gasteiger partial charge in [0.2, 0.25) is 10.0 Å². The third-order valence-corrected chi connectivity index (χ3v) is 7.94. The summed E-state index contributed by atoms with van der Waals surface area (Å²) in [7, 11) is -2.08. The number of amidine groups is 1. The summed E-state index contributed by atoms with van der Waals surface area (Å²) in [4.78, 5) is 4.88. The van der Waals surface area contributed by atoms with E-state index in [1.54, 1.807) is 31.4 Å². The standard InChI is InChI=1S/C21H25ClN4O3S/c1-29-13-11-23-20-21(24-14-16-6-2-4-8-18(16)25-20)10-12-26(15-21)30(27,28)19-9-5-3-7-17(19)22/h2-9,24H,10-15H2,1H3,(H,23,25). The second kappa shape index (κ2) is 8.64. The molecule has 2 aliphatic heterocycles. The molecule has 1 fully saturated rings. The molecule has 30 heavy (non-hydrogen) atoms. The van der Waals surface area contributed by atoms with Crippen LogP contribution >= 0.6 is 11.6 Å². The number of anilines is 1. The van der Waals surface area contributed by atoms with E-state index < -0.39 is 15.6 Å². The van der Waals surface area contributed by atoms with Crippen LogP contribution in [0.3, 0.4) is 0 Å². The highest BCUT2D eigenvalue weighted by Crippen LogP contribution is 2.34. The first-order chi connectivity index (χ1) is 14.5. The van der Waals surface area contributed by atoms with Crippen molar-refractivity contribution in [1.82, 2.24) is 9.62 Å². The second-order valence-electron chi connectivity index (χ2n) is 7.46. The quantitative estimate of drug-likeness (QED) is 0.687. The summed E-state index contributed by atoms with van der Waals surface area (Å²) in [6, 6.07) is 14.6. The van der Waals surface area contributed by atoms with Crippen molar-refractivity contribution in [1.29, 1.82) is 0 Å². The van der Waals surface area contributed by atoms with Crippen molar-refractivity contribution in [3.8, 4) is 0 Å². The zero-order valence-electron chi connectivity index (χ0n) is 16.8. The molecule has 0 aliphatic carbocycles. The summed E-state index contributed by atoms with van der Waals surface area (Å²) in [6.45, 7) is 2.24. The minimum absolute atomic E-state index is 0.131. The largest absolute Gasteiger partial charge is 0.383 e. The maximum Gasteiger partial charge on any atom is 0.244 e. The Hall–Kier alpha value is -1.97. The second-order valence-corrected chi connectivity index (χ2v) is 9.77. The Balaban J connectivity index is 1.67. The molecule has 2 aliphatic rings. The number of aliphatic imine (C=N–C) groups is 1. The van der Waals surface area contributed by atoms with Gasteiger partial charge in [-0.25, -0.2) is 8.42 Å². The number of halogens is 1. The van der Waals surface area contributed by atoms with Crippen LogP contribution in [0.4, 0.5) is 5.69 Å². The molecule has 2 aromatic rings. The molecule has 0 saturated carbocycles. The average molecular weight is 449 g/mol. The Morgan fingerprint density at radius 3 is 2.77 bits per heavy atom. The number of nitrogens with zero attached hydrogens (tertiary/aromatic N) is 2. The number of hydrogen-bond acceptors (Lipinski definition) is 5. The molecule has 2 aromatic carbocycles. The van der Waals surface area contributed by atoms with Crippen molar-refractivity contribution < 1.29 is 13.2 Å². The first kappa shape index (κ1) is 21.3. The highest BCUT2D eigenvalue weighted by Gasteiger charge is 2.47. The lowest BCUT2D eigenvalue weighted by atomic mass is 9.97. The fourth-order valence-electron chi connectivity index (χ4n) is 3.94. The van der Waals surface area contributed by atoms with Crippen molar-refractivity contribution in [2.75, 3.05) is 38.7 Å². The molecule has 0 amide bonds. The number of nitrogens with one attached hydrogen (secondary N) is 2. The maximum atomic E-state index is 13.3. The molecule has 1 atom stereocenters. The molecule has 9 heteroatoms. The molecule has 0 aromatic heterocycles. The summed E-state index contributed by atoms with van der Waals surface area (Å²) in [5, 5.41) is 7.27. The number of para-hydroxylation sites is 1. The first-order valence-corrected chi connectivity index (χ1v) is 11.7. The van der Waals surface area contributed by atoms with E-state index in [0.717, 1.165) is 17.1 Å². The summed E-state index contributed by atoms with van der Waals surface area (Å²) >= 11 is 6.19. The first-order valence-electron chi connectivity index (χ1n) is 9.85. The monoisotopic (exact) mass is 448 g/mol. The number of benzene rings is 2. The van der Waals surface area contributed by atoms with Gasteiger partial charge in [0.25, 0.3) is 0 Å². The van der Waals surface area contributed by atoms with Crippen molar-refractivity contribution in [2.24, 2.45) is 4.99 Å². The van der Waals surface area contributed by atoms with E-state index in [0.29, 0.717) is 32.7 Å². The van der Waals surface area contributed by atoms with Crippen LogP contribution in [0.1, 0.15) is 12.0 Å². The van der Waals surface area contributed by atoms with Crippen LogP contribution in [0.15, 0.2) is 58.4 Å². The lowest BCUT2D eigenvalue weighted by molar-refractivity contribution is 0.207. The molecular formula is C21H25ClN4O3S. The summed E-state index contributed by atoms with van der Waals surface area (Å²) in [6.07, 6.45) is 0.601. The van der Waals surface area contributed by atoms with Crippen LogP contribution in [0.5, 0.6) is 0 Å². The zero-order valence-corrected chi connectivity index (χ0v) is 18.3. The van der Waals surface area contributed by atoms with E-state index in [4.69, 9.17) is 21.3 Å². The van der Waals surface area contributed by atoms with Crippen molar-refractivity contribution >= 4 is 33.1 Å². The van der Waals surface area contributed by atoms with E-state index in [-0.39, 0.29) is 16.5 Å². The number of hydrogen-bond donors (Lipinski definition) is 2. The molecular weight excluding hydrogens is 424 g/mol. The van der Waals surface area contributed by atoms with E-state index in [9.17, 15) is 8.42 Å². The molecule has 2 N–H and O–H groups in total. The average Bonchev–Trinajstić information content (AvgIpc) is 3.12. The van der Waals surface area contributed by atoms with E-state index >= 15 is 0 Å². The molecule has 4 rings (SSSR count). The van der Waals surface area contributed by atoms with Gasteiger partial charge in [0, 0.05) is 32.4 Å². The number of rotatable bonds is 5. The molecule has 0 radical (unpaired) electrons. The predicted octanol–water partition coefficient (Wildman–Crippen LogP) is 2.73. The third-order valence-electron chi connectivity index (χ3n) is 5.60. The van der Waals surface area contributed by atoms with E-state index in [1.165, 1.54) is 4.31 Å². The lowest BCUT2D eigenvalue weighted by Crippen LogP contribution is -2.55. The van der Waals surface area contributed by atoms with Gasteiger partial charge >= 0.3 is 0 Å². The van der Waals surface area contributed by atoms with E-state index in [1.807, 2.05) is 24.3 Å². The third kappa shape index (κ3) is 3.98. The van der Waals surface area contributed by atoms with Crippen LogP contribution in [0.2, 0.25) is 5.02 Å². The van der Waals surface area contributed by atoms with Gasteiger partial charge in [0.1, 0.15) is 10.7 Å². The number of fused-ring (bicyclic) bond motifs is 1. The predicted molar refractivity (Wildman–Crippen MR) is 119 cm³/mol. The van der Waals surface area contributed by atoms with Gasteiger partial charge in [-0.3, -0.25) is 10.3 Å². The fourth-order valence-corrected chi connectivity index (χ4v) is 5.94. The van der Waals surface area contributed by atoms with Gasteiger partial charge in [0.15, 0.2) is 0 Å². The molecule has 1 spiro atoms. The van der Waals surface area contributed by atoms with Gasteiger partial charge < -0.3 is 10.1 Å². The number of ether oxygens (including phenoxy) is 1. The van der Waals surface area contributed by atoms with Gasteiger partial charge in [-0.05, 0) is 30.2 Å². The Morgan fingerprint density at radius 1 is 1.20 bits per heavy atom. The SMILES string of the molecule is COCCN=C1Nc2ccccc2CNC12CCN(S(=O)(=O)c1ccccc1Cl)C2. The molecule has 0 bridgehead atoms. The molecule has 1 unspecified atom stereocenters. The highest BCUT2D eigenvalue weighted by atomic mass is 35.5. The molecule has 7 nitrogen and oxygen atoms in total. The minimum atomic E-state index is -3.72. The Kier molecular flexibility index (Phi) is 6.13. The van der Waals surface area contributed by atoms with Crippen LogP contribution in [0.25, 0.3) is 0 Å². The van der Waals surface area contributed by atoms with Crippen molar-refractivity contribution in [3.05, 3.63) is 59.1 Å². The van der Waals surface area contributed by atoms with E-state index in [2.05, 4.69) is 10.6 Å². The highest BCUT2D eigenvalue weighted by molar-refractivity contribution is 7.89. The van der Waals surface area contributed by atoms with Crippen LogP contribution in [-0.4, -0.2) is 57.4 Å². The topological polar surface area (TPSA) is 83.0 Å². The van der Waals surface area contributed by atoms with Gasteiger partial charge in [-0.2, -0.15) is 4.31 Å². The van der Waals surface area contributed by atoms with Gasteiger partial charge in [-0.15, -0.1) is 0 Å². The molecule has 1 saturated heterocycles. The summed E-state index contributed by atoms with van der Waals surface area (Å²) in [5.74, 6) is 0.737. The number of sulfonamides is 1. The van der Waals surface area contributed by atoms with Crippen molar-refractivity contribution in [2.45, 2.75) is 23.4 Å². The summed E-state index contributed by atoms with van der Waals surface area (Å²) < 4.78 is 33.2. The smallest absolute Gasteiger partial charge is 0.244 e. The zero-order chi connectivity index (χ0) is 21.2. The van der Waals surface area contributed by atoms with Gasteiger partial charge in [0.05, 0.1) is 23.7 Å². The Labute approximate surface area is 182 Å². The number of methoxy groups -OCH3 is 1. The molecule has 160 valence electrons. The lowest BCUT2D eigenvalue weighted by Gasteiger charge is -2.30. The van der Waals surface area contributed by atoms with Crippen LogP contribution < -0.4 is 10.6 Å². The van der Waals surface area contributed by atoms with Gasteiger partial charge in [-0.1, -0.05) is 41.9 Å². The Bertz CT molecular complexity index is 1060. The maximum absolute atomic E-state index is 13.3. The minimum Gasteiger partial charge on any atom is -0.383 e. The molecule has 2 heterocycles. The Morgan fingerprint density at radius 2 is 1.97 bits per heavy atom. The fraction of sp³-hybridized carbons (Fsp3) is 0.381. The normalized spacial score (nSPS) is 23.3.